The van der Waals surface area contributed by atoms with Crippen molar-refractivity contribution in [3.05, 3.63) is 23.3 Å². The number of phenolic OH excluding ortho intramolecular Hbond substituents is 1. The standard InChI is InChI=1S/C18H27NO2/c1-12(2)11-18(7-5-6-8-18)17(21)19-15-9-14(4)16(20)10-13(15)3/h9-10,12,20H,5-8,11H2,1-4H3,(H,19,21). The Morgan fingerprint density at radius 2 is 1.86 bits per heavy atom. The summed E-state index contributed by atoms with van der Waals surface area (Å²) >= 11 is 0. The molecule has 116 valence electrons. The van der Waals surface area contributed by atoms with E-state index < -0.39 is 0 Å². The minimum Gasteiger partial charge on any atom is -0.508 e. The van der Waals surface area contributed by atoms with Gasteiger partial charge in [-0.1, -0.05) is 26.7 Å². The predicted octanol–water partition coefficient (Wildman–Crippen LogP) is 4.55. The molecular formula is C18H27NO2. The lowest BCUT2D eigenvalue weighted by atomic mass is 9.77. The first-order chi connectivity index (χ1) is 9.84. The molecule has 1 fully saturated rings. The van der Waals surface area contributed by atoms with Crippen LogP contribution in [0.15, 0.2) is 12.1 Å². The van der Waals surface area contributed by atoms with Gasteiger partial charge in [-0.3, -0.25) is 4.79 Å². The third kappa shape index (κ3) is 3.39. The maximum Gasteiger partial charge on any atom is 0.230 e. The lowest BCUT2D eigenvalue weighted by Crippen LogP contribution is -2.35. The number of aryl methyl sites for hydroxylation is 2. The molecule has 0 atom stereocenters. The summed E-state index contributed by atoms with van der Waals surface area (Å²) in [6.45, 7) is 8.13. The molecule has 0 bridgehead atoms. The van der Waals surface area contributed by atoms with Crippen molar-refractivity contribution in [2.75, 3.05) is 5.32 Å². The molecule has 1 saturated carbocycles. The number of anilines is 1. The van der Waals surface area contributed by atoms with Crippen LogP contribution in [0.2, 0.25) is 0 Å². The van der Waals surface area contributed by atoms with Crippen LogP contribution in [0.3, 0.4) is 0 Å². The molecule has 3 heteroatoms. The predicted molar refractivity (Wildman–Crippen MR) is 86.6 cm³/mol. The van der Waals surface area contributed by atoms with Crippen LogP contribution >= 0.6 is 0 Å². The molecule has 1 aromatic carbocycles. The molecule has 0 saturated heterocycles. The Balaban J connectivity index is 2.21. The van der Waals surface area contributed by atoms with Crippen molar-refractivity contribution in [1.82, 2.24) is 0 Å². The number of carbonyl (C=O) groups is 1. The number of benzene rings is 1. The van der Waals surface area contributed by atoms with Crippen molar-refractivity contribution < 1.29 is 9.90 Å². The van der Waals surface area contributed by atoms with Crippen LogP contribution in [0.1, 0.15) is 57.1 Å². The summed E-state index contributed by atoms with van der Waals surface area (Å²) in [5.74, 6) is 0.960. The van der Waals surface area contributed by atoms with Gasteiger partial charge in [0.1, 0.15) is 5.75 Å². The number of hydrogen-bond acceptors (Lipinski definition) is 2. The minimum atomic E-state index is -0.202. The number of phenols is 1. The van der Waals surface area contributed by atoms with Gasteiger partial charge in [-0.05, 0) is 62.3 Å². The zero-order valence-electron chi connectivity index (χ0n) is 13.6. The molecule has 2 N–H and O–H groups in total. The molecule has 1 aliphatic carbocycles. The minimum absolute atomic E-state index is 0.155. The summed E-state index contributed by atoms with van der Waals surface area (Å²) < 4.78 is 0. The van der Waals surface area contributed by atoms with Gasteiger partial charge in [0.15, 0.2) is 0 Å². The molecule has 2 rings (SSSR count). The lowest BCUT2D eigenvalue weighted by molar-refractivity contribution is -0.126. The summed E-state index contributed by atoms with van der Waals surface area (Å²) in [5, 5.41) is 12.8. The summed E-state index contributed by atoms with van der Waals surface area (Å²) in [7, 11) is 0. The van der Waals surface area contributed by atoms with Gasteiger partial charge in [-0.2, -0.15) is 0 Å². The molecule has 1 amide bonds. The van der Waals surface area contributed by atoms with Crippen molar-refractivity contribution in [3.8, 4) is 5.75 Å². The van der Waals surface area contributed by atoms with Crippen LogP contribution in [0, 0.1) is 25.2 Å². The highest BCUT2D eigenvalue weighted by Gasteiger charge is 2.41. The normalized spacial score (nSPS) is 17.2. The zero-order valence-corrected chi connectivity index (χ0v) is 13.6. The Morgan fingerprint density at radius 1 is 1.24 bits per heavy atom. The van der Waals surface area contributed by atoms with Crippen LogP contribution in [-0.2, 0) is 4.79 Å². The molecule has 0 radical (unpaired) electrons. The van der Waals surface area contributed by atoms with Gasteiger partial charge in [0.2, 0.25) is 5.91 Å². The van der Waals surface area contributed by atoms with Crippen LogP contribution < -0.4 is 5.32 Å². The van der Waals surface area contributed by atoms with Gasteiger partial charge in [0, 0.05) is 11.1 Å². The van der Waals surface area contributed by atoms with Crippen LogP contribution in [0.5, 0.6) is 5.75 Å². The third-order valence-electron chi connectivity index (χ3n) is 4.63. The van der Waals surface area contributed by atoms with E-state index in [0.717, 1.165) is 48.9 Å². The number of carbonyl (C=O) groups excluding carboxylic acids is 1. The van der Waals surface area contributed by atoms with E-state index in [1.807, 2.05) is 19.9 Å². The highest BCUT2D eigenvalue weighted by Crippen LogP contribution is 2.44. The smallest absolute Gasteiger partial charge is 0.230 e. The van der Waals surface area contributed by atoms with E-state index >= 15 is 0 Å². The molecule has 0 unspecified atom stereocenters. The summed E-state index contributed by atoms with van der Waals surface area (Å²) in [5.41, 5.74) is 2.32. The van der Waals surface area contributed by atoms with Crippen molar-refractivity contribution in [2.45, 2.75) is 59.8 Å². The van der Waals surface area contributed by atoms with E-state index in [1.165, 1.54) is 0 Å². The molecular weight excluding hydrogens is 262 g/mol. The second kappa shape index (κ2) is 6.08. The Kier molecular flexibility index (Phi) is 4.60. The summed E-state index contributed by atoms with van der Waals surface area (Å²) in [4.78, 5) is 12.8. The molecule has 0 aliphatic heterocycles. The molecule has 0 aromatic heterocycles. The van der Waals surface area contributed by atoms with E-state index in [2.05, 4.69) is 19.2 Å². The molecule has 0 heterocycles. The molecule has 21 heavy (non-hydrogen) atoms. The maximum atomic E-state index is 12.8. The maximum absolute atomic E-state index is 12.8. The lowest BCUT2D eigenvalue weighted by Gasteiger charge is -2.30. The van der Waals surface area contributed by atoms with E-state index in [9.17, 15) is 9.90 Å². The number of nitrogens with one attached hydrogen (secondary N) is 1. The van der Waals surface area contributed by atoms with Gasteiger partial charge in [0.05, 0.1) is 0 Å². The average molecular weight is 289 g/mol. The fourth-order valence-electron chi connectivity index (χ4n) is 3.55. The fraction of sp³-hybridized carbons (Fsp3) is 0.611. The number of aromatic hydroxyl groups is 1. The van der Waals surface area contributed by atoms with E-state index in [-0.39, 0.29) is 17.1 Å². The first-order valence-electron chi connectivity index (χ1n) is 7.96. The van der Waals surface area contributed by atoms with Crippen molar-refractivity contribution in [2.24, 2.45) is 11.3 Å². The fourth-order valence-corrected chi connectivity index (χ4v) is 3.55. The van der Waals surface area contributed by atoms with Crippen LogP contribution in [0.25, 0.3) is 0 Å². The number of hydrogen-bond donors (Lipinski definition) is 2. The van der Waals surface area contributed by atoms with Gasteiger partial charge in [0.25, 0.3) is 0 Å². The van der Waals surface area contributed by atoms with E-state index in [1.54, 1.807) is 6.07 Å². The molecule has 1 aromatic rings. The van der Waals surface area contributed by atoms with Gasteiger partial charge < -0.3 is 10.4 Å². The molecule has 0 spiro atoms. The zero-order chi connectivity index (χ0) is 15.6. The number of amides is 1. The number of rotatable bonds is 4. The van der Waals surface area contributed by atoms with E-state index in [0.29, 0.717) is 5.92 Å². The Labute approximate surface area is 127 Å². The first kappa shape index (κ1) is 15.9. The summed E-state index contributed by atoms with van der Waals surface area (Å²) in [6.07, 6.45) is 5.23. The van der Waals surface area contributed by atoms with E-state index in [4.69, 9.17) is 0 Å². The van der Waals surface area contributed by atoms with Crippen molar-refractivity contribution in [1.29, 1.82) is 0 Å². The van der Waals surface area contributed by atoms with Gasteiger partial charge >= 0.3 is 0 Å². The third-order valence-corrected chi connectivity index (χ3v) is 4.63. The largest absolute Gasteiger partial charge is 0.508 e. The van der Waals surface area contributed by atoms with Gasteiger partial charge in [-0.25, -0.2) is 0 Å². The Morgan fingerprint density at radius 3 is 2.43 bits per heavy atom. The second-order valence-corrected chi connectivity index (χ2v) is 6.99. The highest BCUT2D eigenvalue weighted by atomic mass is 16.3. The first-order valence-corrected chi connectivity index (χ1v) is 7.96. The van der Waals surface area contributed by atoms with Crippen molar-refractivity contribution in [3.63, 3.8) is 0 Å². The Hall–Kier alpha value is -1.51. The summed E-state index contributed by atoms with van der Waals surface area (Å²) in [6, 6.07) is 3.58. The monoisotopic (exact) mass is 289 g/mol. The quantitative estimate of drug-likeness (QED) is 0.799. The average Bonchev–Trinajstić information content (AvgIpc) is 2.84. The van der Waals surface area contributed by atoms with Crippen LogP contribution in [0.4, 0.5) is 5.69 Å². The molecule has 3 nitrogen and oxygen atoms in total. The van der Waals surface area contributed by atoms with Gasteiger partial charge in [-0.15, -0.1) is 0 Å². The van der Waals surface area contributed by atoms with Crippen molar-refractivity contribution >= 4 is 11.6 Å². The topological polar surface area (TPSA) is 49.3 Å². The second-order valence-electron chi connectivity index (χ2n) is 6.99. The Bertz CT molecular complexity index is 528. The highest BCUT2D eigenvalue weighted by molar-refractivity contribution is 5.96. The molecule has 1 aliphatic rings. The SMILES string of the molecule is Cc1cc(NC(=O)C2(CC(C)C)CCCC2)c(C)cc1O. The van der Waals surface area contributed by atoms with Crippen LogP contribution in [-0.4, -0.2) is 11.0 Å².